The average molecular weight is 470 g/mol. The lowest BCUT2D eigenvalue weighted by molar-refractivity contribution is 0.0425. The third-order valence-electron chi connectivity index (χ3n) is 7.86. The Balaban J connectivity index is 1.60. The summed E-state index contributed by atoms with van der Waals surface area (Å²) < 4.78 is 9.83. The highest BCUT2D eigenvalue weighted by Crippen LogP contribution is 2.63. The second-order valence-electron chi connectivity index (χ2n) is 9.59. The monoisotopic (exact) mass is 470 g/mol. The molecule has 0 saturated heterocycles. The molecule has 0 atom stereocenters. The van der Waals surface area contributed by atoms with Crippen molar-refractivity contribution in [2.75, 3.05) is 0 Å². The molecule has 0 bridgehead atoms. The van der Waals surface area contributed by atoms with Gasteiger partial charge in [0.2, 0.25) is 0 Å². The molecular formula is C30H14O6. The van der Waals surface area contributed by atoms with Crippen molar-refractivity contribution in [1.82, 2.24) is 0 Å². The van der Waals surface area contributed by atoms with Gasteiger partial charge >= 0.3 is 23.9 Å². The van der Waals surface area contributed by atoms with E-state index in [0.29, 0.717) is 0 Å². The van der Waals surface area contributed by atoms with Crippen molar-refractivity contribution >= 4 is 23.9 Å². The van der Waals surface area contributed by atoms with E-state index in [0.717, 1.165) is 50.1 Å². The first kappa shape index (κ1) is 19.5. The van der Waals surface area contributed by atoms with Crippen LogP contribution in [0.15, 0.2) is 66.7 Å². The van der Waals surface area contributed by atoms with Crippen molar-refractivity contribution in [3.8, 4) is 22.3 Å². The number of cyclic esters (lactones) is 4. The first-order valence-corrected chi connectivity index (χ1v) is 11.5. The van der Waals surface area contributed by atoms with E-state index in [9.17, 15) is 19.2 Å². The van der Waals surface area contributed by atoms with Gasteiger partial charge in [-0.15, -0.1) is 0 Å². The van der Waals surface area contributed by atoms with E-state index in [1.807, 2.05) is 19.1 Å². The minimum Gasteiger partial charge on any atom is -0.386 e. The van der Waals surface area contributed by atoms with Crippen molar-refractivity contribution in [2.45, 2.75) is 12.3 Å². The quantitative estimate of drug-likeness (QED) is 0.230. The number of benzene rings is 4. The highest BCUT2D eigenvalue weighted by atomic mass is 16.6. The Morgan fingerprint density at radius 1 is 0.472 bits per heavy atom. The molecule has 4 aromatic carbocycles. The largest absolute Gasteiger partial charge is 0.386 e. The van der Waals surface area contributed by atoms with E-state index in [1.165, 1.54) is 0 Å². The molecule has 36 heavy (non-hydrogen) atoms. The standard InChI is InChI=1S/C30H14O6/c1-13-6-7-15-14-4-2-3-5-22(14)30(23(15)8-13)24-11-20-18(26(31)35-28(20)33)9-16(24)17-10-19-21(12-25(17)30)29(34)36-27(19)32/h2-12H,1H3. The number of rotatable bonds is 0. The molecule has 6 nitrogen and oxygen atoms in total. The SMILES string of the molecule is Cc1ccc2c(c1)C1(c3ccccc3-2)c2cc3c(cc2-c2cc4c(cc21)C(=O)OC4=O)C(=O)OC3=O. The highest BCUT2D eigenvalue weighted by Gasteiger charge is 2.54. The number of ether oxygens (including phenoxy) is 2. The molecule has 0 amide bonds. The van der Waals surface area contributed by atoms with Crippen LogP contribution < -0.4 is 0 Å². The first-order chi connectivity index (χ1) is 17.4. The molecule has 0 radical (unpaired) electrons. The predicted molar refractivity (Wildman–Crippen MR) is 127 cm³/mol. The summed E-state index contributed by atoms with van der Waals surface area (Å²) in [4.78, 5) is 50.1. The van der Waals surface area contributed by atoms with Crippen LogP contribution in [0, 0.1) is 6.92 Å². The summed E-state index contributed by atoms with van der Waals surface area (Å²) in [6.45, 7) is 2.02. The maximum atomic E-state index is 12.6. The average Bonchev–Trinajstić information content (AvgIpc) is 3.52. The fourth-order valence-electron chi connectivity index (χ4n) is 6.45. The Labute approximate surface area is 204 Å². The zero-order valence-corrected chi connectivity index (χ0v) is 18.8. The van der Waals surface area contributed by atoms with Crippen LogP contribution in [-0.4, -0.2) is 23.9 Å². The third kappa shape index (κ3) is 2.01. The van der Waals surface area contributed by atoms with Gasteiger partial charge in [-0.25, -0.2) is 19.2 Å². The van der Waals surface area contributed by atoms with Gasteiger partial charge in [-0.05, 0) is 75.7 Å². The molecule has 0 unspecified atom stereocenters. The van der Waals surface area contributed by atoms with E-state index in [2.05, 4.69) is 30.3 Å². The zero-order chi connectivity index (χ0) is 24.5. The number of fused-ring (bicyclic) bond motifs is 12. The fraction of sp³-hybridized carbons (Fsp3) is 0.0667. The van der Waals surface area contributed by atoms with Gasteiger partial charge in [0.15, 0.2) is 0 Å². The first-order valence-electron chi connectivity index (χ1n) is 11.5. The second kappa shape index (κ2) is 6.04. The van der Waals surface area contributed by atoms with Crippen LogP contribution in [-0.2, 0) is 14.9 Å². The van der Waals surface area contributed by atoms with Crippen molar-refractivity contribution < 1.29 is 28.7 Å². The van der Waals surface area contributed by atoms with Gasteiger partial charge in [0.05, 0.1) is 27.7 Å². The Bertz CT molecular complexity index is 1740. The van der Waals surface area contributed by atoms with Crippen molar-refractivity contribution in [3.63, 3.8) is 0 Å². The fourth-order valence-corrected chi connectivity index (χ4v) is 6.45. The molecule has 1 spiro atoms. The number of hydrogen-bond donors (Lipinski definition) is 0. The summed E-state index contributed by atoms with van der Waals surface area (Å²) in [5.41, 5.74) is 8.18. The molecular weight excluding hydrogens is 456 g/mol. The molecule has 4 aromatic rings. The summed E-state index contributed by atoms with van der Waals surface area (Å²) in [6.07, 6.45) is 0. The Morgan fingerprint density at radius 2 is 0.944 bits per heavy atom. The van der Waals surface area contributed by atoms with E-state index >= 15 is 0 Å². The molecule has 0 N–H and O–H groups in total. The van der Waals surface area contributed by atoms with Gasteiger partial charge in [-0.1, -0.05) is 48.0 Å². The van der Waals surface area contributed by atoms with Crippen molar-refractivity contribution in [1.29, 1.82) is 0 Å². The number of esters is 4. The predicted octanol–water partition coefficient (Wildman–Crippen LogP) is 4.96. The van der Waals surface area contributed by atoms with Crippen molar-refractivity contribution in [2.24, 2.45) is 0 Å². The molecule has 0 fully saturated rings. The maximum Gasteiger partial charge on any atom is 0.346 e. The van der Waals surface area contributed by atoms with Crippen molar-refractivity contribution in [3.05, 3.63) is 117 Å². The topological polar surface area (TPSA) is 86.7 Å². The van der Waals surface area contributed by atoms with E-state index in [-0.39, 0.29) is 22.3 Å². The lowest BCUT2D eigenvalue weighted by Crippen LogP contribution is -2.26. The molecule has 2 aliphatic carbocycles. The lowest BCUT2D eigenvalue weighted by Gasteiger charge is -2.31. The third-order valence-corrected chi connectivity index (χ3v) is 7.86. The number of carbonyl (C=O) groups is 4. The normalized spacial score (nSPS) is 16.8. The summed E-state index contributed by atoms with van der Waals surface area (Å²) in [7, 11) is 0. The van der Waals surface area contributed by atoms with E-state index in [1.54, 1.807) is 24.3 Å². The van der Waals surface area contributed by atoms with Gasteiger partial charge in [0.25, 0.3) is 0 Å². The van der Waals surface area contributed by atoms with Gasteiger partial charge < -0.3 is 9.47 Å². The number of carbonyl (C=O) groups excluding carboxylic acids is 4. The Morgan fingerprint density at radius 3 is 1.53 bits per heavy atom. The van der Waals surface area contributed by atoms with Crippen LogP contribution in [0.5, 0.6) is 0 Å². The smallest absolute Gasteiger partial charge is 0.346 e. The van der Waals surface area contributed by atoms with Crippen LogP contribution >= 0.6 is 0 Å². The highest BCUT2D eigenvalue weighted by molar-refractivity contribution is 6.18. The minimum absolute atomic E-state index is 0.191. The summed E-state index contributed by atoms with van der Waals surface area (Å²) in [6, 6.07) is 21.2. The maximum absolute atomic E-state index is 12.6. The zero-order valence-electron chi connectivity index (χ0n) is 18.8. The molecule has 2 aliphatic heterocycles. The Hall–Kier alpha value is -4.84. The van der Waals surface area contributed by atoms with Gasteiger partial charge in [0.1, 0.15) is 0 Å². The second-order valence-corrected chi connectivity index (χ2v) is 9.59. The number of aryl methyl sites for hydroxylation is 1. The molecule has 170 valence electrons. The molecule has 0 saturated carbocycles. The Kier molecular flexibility index (Phi) is 3.27. The van der Waals surface area contributed by atoms with Crippen LogP contribution in [0.2, 0.25) is 0 Å². The van der Waals surface area contributed by atoms with Crippen LogP contribution in [0.3, 0.4) is 0 Å². The summed E-state index contributed by atoms with van der Waals surface area (Å²) in [5.74, 6) is -2.75. The molecule has 8 rings (SSSR count). The molecule has 4 aliphatic rings. The van der Waals surface area contributed by atoms with Crippen LogP contribution in [0.1, 0.15) is 69.2 Å². The van der Waals surface area contributed by atoms with Crippen LogP contribution in [0.25, 0.3) is 22.3 Å². The van der Waals surface area contributed by atoms with E-state index in [4.69, 9.17) is 9.47 Å². The van der Waals surface area contributed by atoms with Gasteiger partial charge in [-0.3, -0.25) is 0 Å². The molecule has 2 heterocycles. The number of hydrogen-bond acceptors (Lipinski definition) is 6. The summed E-state index contributed by atoms with van der Waals surface area (Å²) in [5, 5.41) is 0. The molecule has 6 heteroatoms. The van der Waals surface area contributed by atoms with Gasteiger partial charge in [-0.2, -0.15) is 0 Å². The van der Waals surface area contributed by atoms with E-state index < -0.39 is 29.3 Å². The minimum atomic E-state index is -0.857. The summed E-state index contributed by atoms with van der Waals surface area (Å²) >= 11 is 0. The lowest BCUT2D eigenvalue weighted by atomic mass is 9.69. The van der Waals surface area contributed by atoms with Crippen LogP contribution in [0.4, 0.5) is 0 Å². The molecule has 0 aromatic heterocycles. The van der Waals surface area contributed by atoms with Gasteiger partial charge in [0, 0.05) is 0 Å².